The van der Waals surface area contributed by atoms with Crippen LogP contribution in [0.3, 0.4) is 0 Å². The molecule has 0 fully saturated rings. The number of carbonyl (C=O) groups is 2. The second-order valence-corrected chi connectivity index (χ2v) is 9.94. The first-order valence-electron chi connectivity index (χ1n) is 10.5. The Kier molecular flexibility index (Phi) is 7.96. The number of ether oxygens (including phenoxy) is 1. The summed E-state index contributed by atoms with van der Waals surface area (Å²) in [6.45, 7) is 3.83. The quantitative estimate of drug-likeness (QED) is 0.437. The highest BCUT2D eigenvalue weighted by molar-refractivity contribution is 7.92. The molecule has 0 saturated carbocycles. The van der Waals surface area contributed by atoms with Crippen LogP contribution in [-0.2, 0) is 21.3 Å². The van der Waals surface area contributed by atoms with Gasteiger partial charge in [0, 0.05) is 16.3 Å². The summed E-state index contributed by atoms with van der Waals surface area (Å²) in [5.41, 5.74) is 2.99. The number of nitrogens with one attached hydrogen (secondary N) is 1. The molecule has 0 saturated heterocycles. The first kappa shape index (κ1) is 25.3. The van der Waals surface area contributed by atoms with Crippen molar-refractivity contribution in [1.82, 2.24) is 0 Å². The Morgan fingerprint density at radius 1 is 1.00 bits per heavy atom. The molecular weight excluding hydrogens is 476 g/mol. The Balaban J connectivity index is 1.80. The van der Waals surface area contributed by atoms with Crippen LogP contribution in [0.5, 0.6) is 0 Å². The molecule has 0 aromatic heterocycles. The van der Waals surface area contributed by atoms with Crippen LogP contribution in [0.4, 0.5) is 11.4 Å². The smallest absolute Gasteiger partial charge is 0.338 e. The summed E-state index contributed by atoms with van der Waals surface area (Å²) in [5.74, 6) is -0.846. The second kappa shape index (κ2) is 10.7. The standard InChI is InChI=1S/C25H25ClN2O5S/c1-4-33-25(30)22-6-5-7-23(17(22)2)27-24(29)19-10-14-21(15-11-19)28(34(3,31)32)16-18-8-12-20(26)13-9-18/h5-15H,4,16H2,1-3H3,(H,27,29). The molecule has 1 amide bonds. The molecule has 0 aliphatic heterocycles. The molecule has 0 unspecified atom stereocenters. The van der Waals surface area contributed by atoms with Crippen LogP contribution in [0.25, 0.3) is 0 Å². The van der Waals surface area contributed by atoms with Crippen molar-refractivity contribution < 1.29 is 22.7 Å². The third-order valence-electron chi connectivity index (χ3n) is 5.13. The molecular formula is C25H25ClN2O5S. The minimum Gasteiger partial charge on any atom is -0.462 e. The van der Waals surface area contributed by atoms with Crippen molar-refractivity contribution in [2.24, 2.45) is 0 Å². The van der Waals surface area contributed by atoms with Gasteiger partial charge in [0.2, 0.25) is 10.0 Å². The van der Waals surface area contributed by atoms with Gasteiger partial charge < -0.3 is 10.1 Å². The van der Waals surface area contributed by atoms with Gasteiger partial charge >= 0.3 is 5.97 Å². The maximum Gasteiger partial charge on any atom is 0.338 e. The number of benzene rings is 3. The van der Waals surface area contributed by atoms with Gasteiger partial charge in [-0.2, -0.15) is 0 Å². The zero-order valence-electron chi connectivity index (χ0n) is 19.0. The van der Waals surface area contributed by atoms with E-state index in [2.05, 4.69) is 5.32 Å². The summed E-state index contributed by atoms with van der Waals surface area (Å²) in [6.07, 6.45) is 1.13. The Bertz CT molecular complexity index is 1290. The van der Waals surface area contributed by atoms with Crippen LogP contribution < -0.4 is 9.62 Å². The van der Waals surface area contributed by atoms with Crippen LogP contribution in [0.2, 0.25) is 5.02 Å². The molecule has 3 aromatic carbocycles. The molecule has 0 spiro atoms. The van der Waals surface area contributed by atoms with Crippen LogP contribution in [0, 0.1) is 6.92 Å². The van der Waals surface area contributed by atoms with E-state index < -0.39 is 16.0 Å². The predicted octanol–water partition coefficient (Wildman–Crippen LogP) is 5.04. The fourth-order valence-corrected chi connectivity index (χ4v) is 4.34. The zero-order chi connectivity index (χ0) is 24.9. The van der Waals surface area contributed by atoms with E-state index in [4.69, 9.17) is 16.3 Å². The SMILES string of the molecule is CCOC(=O)c1cccc(NC(=O)c2ccc(N(Cc3ccc(Cl)cc3)S(C)(=O)=O)cc2)c1C. The van der Waals surface area contributed by atoms with E-state index in [9.17, 15) is 18.0 Å². The van der Waals surface area contributed by atoms with Crippen LogP contribution in [0.1, 0.15) is 38.8 Å². The summed E-state index contributed by atoms with van der Waals surface area (Å²) in [7, 11) is -3.58. The van der Waals surface area contributed by atoms with Crippen molar-refractivity contribution in [2.45, 2.75) is 20.4 Å². The van der Waals surface area contributed by atoms with E-state index in [1.807, 2.05) is 0 Å². The third kappa shape index (κ3) is 6.15. The van der Waals surface area contributed by atoms with Gasteiger partial charge in [0.05, 0.1) is 30.7 Å². The number of esters is 1. The van der Waals surface area contributed by atoms with Gasteiger partial charge in [-0.15, -0.1) is 0 Å². The van der Waals surface area contributed by atoms with Crippen LogP contribution in [-0.4, -0.2) is 33.2 Å². The summed E-state index contributed by atoms with van der Waals surface area (Å²) in [4.78, 5) is 24.9. The molecule has 0 bridgehead atoms. The lowest BCUT2D eigenvalue weighted by molar-refractivity contribution is 0.0525. The molecule has 0 radical (unpaired) electrons. The number of nitrogens with zero attached hydrogens (tertiary/aromatic N) is 1. The lowest BCUT2D eigenvalue weighted by atomic mass is 10.1. The lowest BCUT2D eigenvalue weighted by Gasteiger charge is -2.23. The third-order valence-corrected chi connectivity index (χ3v) is 6.53. The maximum atomic E-state index is 12.8. The van der Waals surface area contributed by atoms with Gasteiger partial charge in [-0.25, -0.2) is 13.2 Å². The lowest BCUT2D eigenvalue weighted by Crippen LogP contribution is -2.29. The van der Waals surface area contributed by atoms with E-state index in [1.54, 1.807) is 80.6 Å². The van der Waals surface area contributed by atoms with Gasteiger partial charge in [0.25, 0.3) is 5.91 Å². The van der Waals surface area contributed by atoms with Crippen molar-refractivity contribution in [3.63, 3.8) is 0 Å². The Morgan fingerprint density at radius 3 is 2.24 bits per heavy atom. The molecule has 0 atom stereocenters. The second-order valence-electron chi connectivity index (χ2n) is 7.60. The van der Waals surface area contributed by atoms with E-state index in [0.29, 0.717) is 33.1 Å². The molecule has 9 heteroatoms. The number of rotatable bonds is 8. The summed E-state index contributed by atoms with van der Waals surface area (Å²) in [6, 6.07) is 18.2. The average Bonchev–Trinajstić information content (AvgIpc) is 2.79. The predicted molar refractivity (Wildman–Crippen MR) is 134 cm³/mol. The molecule has 3 rings (SSSR count). The first-order valence-corrected chi connectivity index (χ1v) is 12.7. The summed E-state index contributed by atoms with van der Waals surface area (Å²) < 4.78 is 31.1. The molecule has 3 aromatic rings. The Morgan fingerprint density at radius 2 is 1.65 bits per heavy atom. The fraction of sp³-hybridized carbons (Fsp3) is 0.200. The van der Waals surface area contributed by atoms with Crippen molar-refractivity contribution in [3.8, 4) is 0 Å². The number of halogens is 1. The summed E-state index contributed by atoms with van der Waals surface area (Å²) in [5, 5.41) is 3.36. The normalized spacial score (nSPS) is 11.1. The molecule has 178 valence electrons. The zero-order valence-corrected chi connectivity index (χ0v) is 20.6. The monoisotopic (exact) mass is 500 g/mol. The van der Waals surface area contributed by atoms with Gasteiger partial charge in [-0.3, -0.25) is 9.10 Å². The molecule has 0 heterocycles. The van der Waals surface area contributed by atoms with Crippen molar-refractivity contribution in [1.29, 1.82) is 0 Å². The van der Waals surface area contributed by atoms with Crippen LogP contribution in [0.15, 0.2) is 66.7 Å². The Labute approximate surface area is 204 Å². The topological polar surface area (TPSA) is 92.8 Å². The number of sulfonamides is 1. The van der Waals surface area contributed by atoms with E-state index in [1.165, 1.54) is 4.31 Å². The highest BCUT2D eigenvalue weighted by atomic mass is 35.5. The minimum absolute atomic E-state index is 0.126. The number of carbonyl (C=O) groups excluding carboxylic acids is 2. The van der Waals surface area contributed by atoms with Gasteiger partial charge in [-0.1, -0.05) is 29.8 Å². The molecule has 0 aliphatic rings. The Hall–Kier alpha value is -3.36. The largest absolute Gasteiger partial charge is 0.462 e. The maximum absolute atomic E-state index is 12.8. The van der Waals surface area contributed by atoms with E-state index in [-0.39, 0.29) is 19.1 Å². The van der Waals surface area contributed by atoms with Crippen molar-refractivity contribution >= 4 is 44.9 Å². The average molecular weight is 501 g/mol. The fourth-order valence-electron chi connectivity index (χ4n) is 3.33. The number of amides is 1. The highest BCUT2D eigenvalue weighted by Crippen LogP contribution is 2.24. The molecule has 1 N–H and O–H groups in total. The highest BCUT2D eigenvalue weighted by Gasteiger charge is 2.19. The van der Waals surface area contributed by atoms with Gasteiger partial charge in [-0.05, 0) is 73.5 Å². The van der Waals surface area contributed by atoms with Crippen molar-refractivity contribution in [3.05, 3.63) is 94.0 Å². The molecule has 34 heavy (non-hydrogen) atoms. The number of anilines is 2. The van der Waals surface area contributed by atoms with E-state index >= 15 is 0 Å². The number of hydrogen-bond donors (Lipinski definition) is 1. The van der Waals surface area contributed by atoms with Crippen molar-refractivity contribution in [2.75, 3.05) is 22.5 Å². The summed E-state index contributed by atoms with van der Waals surface area (Å²) >= 11 is 5.92. The molecule has 7 nitrogen and oxygen atoms in total. The first-order chi connectivity index (χ1) is 16.1. The van der Waals surface area contributed by atoms with Crippen LogP contribution >= 0.6 is 11.6 Å². The van der Waals surface area contributed by atoms with Gasteiger partial charge in [0.15, 0.2) is 0 Å². The minimum atomic E-state index is -3.58. The number of hydrogen-bond acceptors (Lipinski definition) is 5. The van der Waals surface area contributed by atoms with Gasteiger partial charge in [0.1, 0.15) is 0 Å². The van der Waals surface area contributed by atoms with E-state index in [0.717, 1.165) is 11.8 Å². The molecule has 0 aliphatic carbocycles.